The Labute approximate surface area is 94.4 Å². The van der Waals surface area contributed by atoms with Crippen molar-refractivity contribution in [3.8, 4) is 0 Å². The molecule has 1 saturated carbocycles. The van der Waals surface area contributed by atoms with Gasteiger partial charge in [-0.15, -0.1) is 0 Å². The maximum atomic E-state index is 3.52. The molecule has 2 rings (SSSR count). The Hall–Kier alpha value is -0.0800. The van der Waals surface area contributed by atoms with Gasteiger partial charge in [-0.25, -0.2) is 0 Å². The zero-order chi connectivity index (χ0) is 10.7. The van der Waals surface area contributed by atoms with Gasteiger partial charge in [0.05, 0.1) is 0 Å². The van der Waals surface area contributed by atoms with Crippen molar-refractivity contribution in [2.24, 2.45) is 5.92 Å². The van der Waals surface area contributed by atoms with Crippen molar-refractivity contribution in [2.75, 3.05) is 26.7 Å². The van der Waals surface area contributed by atoms with Gasteiger partial charge in [-0.1, -0.05) is 12.8 Å². The molecular weight excluding hydrogens is 184 g/mol. The molecule has 1 atom stereocenters. The maximum absolute atomic E-state index is 3.52. The molecule has 2 aliphatic rings. The van der Waals surface area contributed by atoms with Crippen molar-refractivity contribution in [3.05, 3.63) is 0 Å². The predicted molar refractivity (Wildman–Crippen MR) is 65.1 cm³/mol. The number of nitrogens with one attached hydrogen (secondary N) is 1. The van der Waals surface area contributed by atoms with Gasteiger partial charge in [0.25, 0.3) is 0 Å². The molecule has 0 bridgehead atoms. The van der Waals surface area contributed by atoms with E-state index in [9.17, 15) is 0 Å². The van der Waals surface area contributed by atoms with Crippen LogP contribution in [0.25, 0.3) is 0 Å². The first-order valence-corrected chi connectivity index (χ1v) is 6.63. The van der Waals surface area contributed by atoms with Crippen LogP contribution in [-0.4, -0.2) is 37.1 Å². The van der Waals surface area contributed by atoms with E-state index in [0.29, 0.717) is 5.54 Å². The van der Waals surface area contributed by atoms with Crippen LogP contribution in [0.15, 0.2) is 0 Å². The quantitative estimate of drug-likeness (QED) is 0.768. The Kier molecular flexibility index (Phi) is 3.68. The molecule has 1 aliphatic heterocycles. The zero-order valence-corrected chi connectivity index (χ0v) is 10.4. The van der Waals surface area contributed by atoms with Crippen LogP contribution < -0.4 is 5.32 Å². The van der Waals surface area contributed by atoms with Gasteiger partial charge in [0.1, 0.15) is 0 Å². The lowest BCUT2D eigenvalue weighted by molar-refractivity contribution is 0.113. The van der Waals surface area contributed by atoms with E-state index < -0.39 is 0 Å². The van der Waals surface area contributed by atoms with E-state index >= 15 is 0 Å². The molecule has 88 valence electrons. The zero-order valence-electron chi connectivity index (χ0n) is 10.4. The molecule has 0 aromatic rings. The monoisotopic (exact) mass is 210 g/mol. The van der Waals surface area contributed by atoms with Gasteiger partial charge in [-0.3, -0.25) is 0 Å². The summed E-state index contributed by atoms with van der Waals surface area (Å²) in [6.07, 6.45) is 8.48. The number of rotatable bonds is 3. The molecule has 1 heterocycles. The minimum atomic E-state index is 0.511. The molecule has 1 N–H and O–H groups in total. The van der Waals surface area contributed by atoms with E-state index in [2.05, 4.69) is 24.2 Å². The smallest absolute Gasteiger partial charge is 0.0178 e. The number of hydrogen-bond acceptors (Lipinski definition) is 2. The van der Waals surface area contributed by atoms with E-state index in [1.165, 1.54) is 58.2 Å². The minimum Gasteiger partial charge on any atom is -0.316 e. The Balaban J connectivity index is 1.82. The first kappa shape index (κ1) is 11.4. The highest BCUT2D eigenvalue weighted by molar-refractivity contribution is 4.90. The fraction of sp³-hybridized carbons (Fsp3) is 1.00. The standard InChI is InChI=1S/C13H26N2/c1-13(7-3-4-8-13)15(2)11-12-6-5-9-14-10-12/h12,14H,3-11H2,1-2H3. The summed E-state index contributed by atoms with van der Waals surface area (Å²) in [7, 11) is 2.33. The van der Waals surface area contributed by atoms with Gasteiger partial charge >= 0.3 is 0 Å². The third-order valence-electron chi connectivity index (χ3n) is 4.53. The first-order chi connectivity index (χ1) is 7.21. The third kappa shape index (κ3) is 2.73. The Bertz CT molecular complexity index is 191. The average molecular weight is 210 g/mol. The molecule has 1 unspecified atom stereocenters. The van der Waals surface area contributed by atoms with Crippen LogP contribution in [0.3, 0.4) is 0 Å². The summed E-state index contributed by atoms with van der Waals surface area (Å²) in [6.45, 7) is 6.22. The van der Waals surface area contributed by atoms with Crippen LogP contribution >= 0.6 is 0 Å². The number of piperidine rings is 1. The summed E-state index contributed by atoms with van der Waals surface area (Å²) >= 11 is 0. The maximum Gasteiger partial charge on any atom is 0.0178 e. The number of hydrogen-bond donors (Lipinski definition) is 1. The summed E-state index contributed by atoms with van der Waals surface area (Å²) in [5.74, 6) is 0.890. The van der Waals surface area contributed by atoms with Crippen LogP contribution in [0.2, 0.25) is 0 Å². The summed E-state index contributed by atoms with van der Waals surface area (Å²) < 4.78 is 0. The van der Waals surface area contributed by atoms with E-state index in [-0.39, 0.29) is 0 Å². The Morgan fingerprint density at radius 2 is 2.00 bits per heavy atom. The summed E-state index contributed by atoms with van der Waals surface area (Å²) in [4.78, 5) is 2.64. The van der Waals surface area contributed by atoms with Crippen molar-refractivity contribution in [3.63, 3.8) is 0 Å². The van der Waals surface area contributed by atoms with Crippen molar-refractivity contribution in [1.82, 2.24) is 10.2 Å². The topological polar surface area (TPSA) is 15.3 Å². The molecule has 1 saturated heterocycles. The molecule has 0 radical (unpaired) electrons. The molecule has 2 fully saturated rings. The number of nitrogens with zero attached hydrogens (tertiary/aromatic N) is 1. The highest BCUT2D eigenvalue weighted by atomic mass is 15.2. The molecule has 0 aromatic heterocycles. The Morgan fingerprint density at radius 3 is 2.60 bits per heavy atom. The van der Waals surface area contributed by atoms with Gasteiger partial charge in [0.15, 0.2) is 0 Å². The van der Waals surface area contributed by atoms with Crippen LogP contribution in [0.1, 0.15) is 45.4 Å². The lowest BCUT2D eigenvalue weighted by Crippen LogP contribution is -2.46. The highest BCUT2D eigenvalue weighted by Crippen LogP contribution is 2.34. The summed E-state index contributed by atoms with van der Waals surface area (Å²) in [6, 6.07) is 0. The van der Waals surface area contributed by atoms with E-state index in [4.69, 9.17) is 0 Å². The normalized spacial score (nSPS) is 31.0. The fourth-order valence-corrected chi connectivity index (χ4v) is 3.21. The van der Waals surface area contributed by atoms with Crippen molar-refractivity contribution >= 4 is 0 Å². The van der Waals surface area contributed by atoms with Gasteiger partial charge in [0.2, 0.25) is 0 Å². The van der Waals surface area contributed by atoms with Gasteiger partial charge in [0, 0.05) is 12.1 Å². The predicted octanol–water partition coefficient (Wildman–Crippen LogP) is 2.25. The lowest BCUT2D eigenvalue weighted by Gasteiger charge is -2.38. The summed E-state index contributed by atoms with van der Waals surface area (Å²) in [5.41, 5.74) is 0.511. The molecule has 15 heavy (non-hydrogen) atoms. The molecule has 2 heteroatoms. The largest absolute Gasteiger partial charge is 0.316 e. The molecule has 2 nitrogen and oxygen atoms in total. The first-order valence-electron chi connectivity index (χ1n) is 6.63. The van der Waals surface area contributed by atoms with Crippen LogP contribution in [0.4, 0.5) is 0 Å². The highest BCUT2D eigenvalue weighted by Gasteiger charge is 2.33. The lowest BCUT2D eigenvalue weighted by atomic mass is 9.94. The Morgan fingerprint density at radius 1 is 1.27 bits per heavy atom. The van der Waals surface area contributed by atoms with Crippen molar-refractivity contribution < 1.29 is 0 Å². The van der Waals surface area contributed by atoms with Gasteiger partial charge in [-0.05, 0) is 58.7 Å². The molecule has 0 aromatic carbocycles. The van der Waals surface area contributed by atoms with E-state index in [0.717, 1.165) is 5.92 Å². The molecule has 1 aliphatic carbocycles. The van der Waals surface area contributed by atoms with Gasteiger partial charge in [-0.2, -0.15) is 0 Å². The third-order valence-corrected chi connectivity index (χ3v) is 4.53. The second kappa shape index (κ2) is 4.84. The van der Waals surface area contributed by atoms with E-state index in [1.54, 1.807) is 0 Å². The average Bonchev–Trinajstić information content (AvgIpc) is 2.68. The summed E-state index contributed by atoms with van der Waals surface area (Å²) in [5, 5.41) is 3.52. The second-order valence-electron chi connectivity index (χ2n) is 5.80. The molecular formula is C13H26N2. The SMILES string of the molecule is CN(CC1CCCNC1)C1(C)CCCC1. The van der Waals surface area contributed by atoms with Gasteiger partial charge < -0.3 is 10.2 Å². The van der Waals surface area contributed by atoms with Crippen LogP contribution in [-0.2, 0) is 0 Å². The van der Waals surface area contributed by atoms with Crippen molar-refractivity contribution in [1.29, 1.82) is 0 Å². The molecule has 0 amide bonds. The minimum absolute atomic E-state index is 0.511. The molecule has 0 spiro atoms. The van der Waals surface area contributed by atoms with E-state index in [1.807, 2.05) is 0 Å². The fourth-order valence-electron chi connectivity index (χ4n) is 3.21. The second-order valence-corrected chi connectivity index (χ2v) is 5.80. The van der Waals surface area contributed by atoms with Crippen LogP contribution in [0, 0.1) is 5.92 Å². The van der Waals surface area contributed by atoms with Crippen molar-refractivity contribution in [2.45, 2.75) is 51.0 Å². The van der Waals surface area contributed by atoms with Crippen LogP contribution in [0.5, 0.6) is 0 Å².